The maximum atomic E-state index is 12.7. The molecule has 2 aromatic carbocycles. The van der Waals surface area contributed by atoms with Crippen molar-refractivity contribution in [1.82, 2.24) is 0 Å². The molecule has 1 fully saturated rings. The van der Waals surface area contributed by atoms with E-state index in [1.807, 2.05) is 32.9 Å². The van der Waals surface area contributed by atoms with E-state index in [2.05, 4.69) is 5.32 Å². The summed E-state index contributed by atoms with van der Waals surface area (Å²) in [6, 6.07) is 8.34. The Bertz CT molecular complexity index is 897. The van der Waals surface area contributed by atoms with Gasteiger partial charge in [0.1, 0.15) is 0 Å². The van der Waals surface area contributed by atoms with E-state index in [0.29, 0.717) is 5.69 Å². The minimum absolute atomic E-state index is 0.0246. The summed E-state index contributed by atoms with van der Waals surface area (Å²) in [6.45, 7) is 5.93. The Balaban J connectivity index is 1.73. The van der Waals surface area contributed by atoms with Gasteiger partial charge in [-0.3, -0.25) is 9.59 Å². The molecule has 0 saturated carbocycles. The molecule has 7 heteroatoms. The van der Waals surface area contributed by atoms with Crippen molar-refractivity contribution in [1.29, 1.82) is 0 Å². The lowest BCUT2D eigenvalue weighted by Crippen LogP contribution is -2.28. The van der Waals surface area contributed by atoms with Crippen LogP contribution in [0.4, 0.5) is 24.5 Å². The molecular formula is C21H21F3N2O2. The zero-order valence-corrected chi connectivity index (χ0v) is 15.9. The van der Waals surface area contributed by atoms with Gasteiger partial charge in [-0.1, -0.05) is 17.7 Å². The maximum Gasteiger partial charge on any atom is 0.416 e. The van der Waals surface area contributed by atoms with Crippen LogP contribution in [0.15, 0.2) is 36.4 Å². The molecule has 4 nitrogen and oxygen atoms in total. The van der Waals surface area contributed by atoms with Crippen molar-refractivity contribution in [3.05, 3.63) is 58.7 Å². The van der Waals surface area contributed by atoms with Crippen molar-refractivity contribution < 1.29 is 22.8 Å². The molecule has 0 aliphatic carbocycles. The number of aryl methyl sites for hydroxylation is 3. The average molecular weight is 390 g/mol. The predicted octanol–water partition coefficient (Wildman–Crippen LogP) is 4.62. The number of amides is 2. The Labute approximate surface area is 161 Å². The number of rotatable bonds is 3. The van der Waals surface area contributed by atoms with Gasteiger partial charge in [-0.25, -0.2) is 0 Å². The Morgan fingerprint density at radius 1 is 1.07 bits per heavy atom. The zero-order chi connectivity index (χ0) is 20.6. The standard InChI is InChI=1S/C21H21F3N2O2/c1-12-8-13(2)19(14(3)9-12)25-20(28)15-10-18(27)26(11-15)17-6-4-16(5-7-17)21(22,23)24/h4-9,15H,10-11H2,1-3H3,(H,25,28). The first-order chi connectivity index (χ1) is 13.1. The van der Waals surface area contributed by atoms with Gasteiger partial charge in [-0.2, -0.15) is 13.2 Å². The first-order valence-corrected chi connectivity index (χ1v) is 8.92. The molecule has 148 valence electrons. The van der Waals surface area contributed by atoms with Crippen molar-refractivity contribution >= 4 is 23.2 Å². The number of alkyl halides is 3. The monoisotopic (exact) mass is 390 g/mol. The quantitative estimate of drug-likeness (QED) is 0.831. The van der Waals surface area contributed by atoms with Gasteiger partial charge in [0, 0.05) is 24.3 Å². The van der Waals surface area contributed by atoms with E-state index in [-0.39, 0.29) is 24.8 Å². The molecule has 0 radical (unpaired) electrons. The molecule has 28 heavy (non-hydrogen) atoms. The lowest BCUT2D eigenvalue weighted by Gasteiger charge is -2.18. The molecule has 1 saturated heterocycles. The van der Waals surface area contributed by atoms with Crippen molar-refractivity contribution in [3.63, 3.8) is 0 Å². The van der Waals surface area contributed by atoms with Crippen molar-refractivity contribution in [2.75, 3.05) is 16.8 Å². The molecule has 1 aliphatic heterocycles. The van der Waals surface area contributed by atoms with Crippen LogP contribution in [0.2, 0.25) is 0 Å². The number of carbonyl (C=O) groups excluding carboxylic acids is 2. The van der Waals surface area contributed by atoms with Crippen molar-refractivity contribution in [2.45, 2.75) is 33.4 Å². The van der Waals surface area contributed by atoms with Crippen LogP contribution in [0.5, 0.6) is 0 Å². The van der Waals surface area contributed by atoms with Crippen LogP contribution in [0.1, 0.15) is 28.7 Å². The van der Waals surface area contributed by atoms with E-state index < -0.39 is 17.7 Å². The molecule has 2 aromatic rings. The Hall–Kier alpha value is -2.83. The number of nitrogens with one attached hydrogen (secondary N) is 1. The minimum atomic E-state index is -4.43. The van der Waals surface area contributed by atoms with Crippen LogP contribution in [-0.2, 0) is 15.8 Å². The molecule has 0 bridgehead atoms. The summed E-state index contributed by atoms with van der Waals surface area (Å²) >= 11 is 0. The third-order valence-corrected chi connectivity index (χ3v) is 4.93. The van der Waals surface area contributed by atoms with Crippen LogP contribution in [0.3, 0.4) is 0 Å². The first-order valence-electron chi connectivity index (χ1n) is 8.92. The van der Waals surface area contributed by atoms with E-state index in [9.17, 15) is 22.8 Å². The molecule has 1 heterocycles. The second-order valence-corrected chi connectivity index (χ2v) is 7.21. The highest BCUT2D eigenvalue weighted by Crippen LogP contribution is 2.32. The Morgan fingerprint density at radius 2 is 1.64 bits per heavy atom. The highest BCUT2D eigenvalue weighted by atomic mass is 19.4. The number of carbonyl (C=O) groups is 2. The summed E-state index contributed by atoms with van der Waals surface area (Å²) in [5.41, 5.74) is 3.29. The lowest BCUT2D eigenvalue weighted by molar-refractivity contribution is -0.137. The lowest BCUT2D eigenvalue weighted by atomic mass is 10.0. The van der Waals surface area contributed by atoms with E-state index in [1.54, 1.807) is 0 Å². The van der Waals surface area contributed by atoms with Crippen LogP contribution in [0, 0.1) is 26.7 Å². The minimum Gasteiger partial charge on any atom is -0.325 e. The molecule has 1 N–H and O–H groups in total. The highest BCUT2D eigenvalue weighted by molar-refractivity contribution is 6.04. The molecule has 0 aromatic heterocycles. The van der Waals surface area contributed by atoms with Crippen LogP contribution < -0.4 is 10.2 Å². The van der Waals surface area contributed by atoms with Crippen LogP contribution in [0.25, 0.3) is 0 Å². The van der Waals surface area contributed by atoms with Gasteiger partial charge in [0.05, 0.1) is 11.5 Å². The molecule has 2 amide bonds. The number of halogens is 3. The SMILES string of the molecule is Cc1cc(C)c(NC(=O)C2CC(=O)N(c3ccc(C(F)(F)F)cc3)C2)c(C)c1. The fourth-order valence-electron chi connectivity index (χ4n) is 3.57. The highest BCUT2D eigenvalue weighted by Gasteiger charge is 2.36. The smallest absolute Gasteiger partial charge is 0.325 e. The van der Waals surface area contributed by atoms with Gasteiger partial charge in [-0.05, 0) is 56.2 Å². The summed E-state index contributed by atoms with van der Waals surface area (Å²) in [7, 11) is 0. The zero-order valence-electron chi connectivity index (χ0n) is 15.9. The van der Waals surface area contributed by atoms with Gasteiger partial charge >= 0.3 is 6.18 Å². The van der Waals surface area contributed by atoms with Gasteiger partial charge in [-0.15, -0.1) is 0 Å². The number of hydrogen-bond donors (Lipinski definition) is 1. The topological polar surface area (TPSA) is 49.4 Å². The third-order valence-electron chi connectivity index (χ3n) is 4.93. The van der Waals surface area contributed by atoms with Crippen LogP contribution in [-0.4, -0.2) is 18.4 Å². The molecule has 3 rings (SSSR count). The second-order valence-electron chi connectivity index (χ2n) is 7.21. The fraction of sp³-hybridized carbons (Fsp3) is 0.333. The summed E-state index contributed by atoms with van der Waals surface area (Å²) in [5, 5.41) is 2.90. The van der Waals surface area contributed by atoms with Gasteiger partial charge in [0.25, 0.3) is 0 Å². The molecule has 1 atom stereocenters. The Kier molecular flexibility index (Phi) is 5.19. The van der Waals surface area contributed by atoms with Crippen molar-refractivity contribution in [3.8, 4) is 0 Å². The third kappa shape index (κ3) is 4.03. The maximum absolute atomic E-state index is 12.7. The largest absolute Gasteiger partial charge is 0.416 e. The van der Waals surface area contributed by atoms with Gasteiger partial charge in [0.15, 0.2) is 0 Å². The summed E-state index contributed by atoms with van der Waals surface area (Å²) in [4.78, 5) is 26.4. The van der Waals surface area contributed by atoms with E-state index >= 15 is 0 Å². The fourth-order valence-corrected chi connectivity index (χ4v) is 3.57. The van der Waals surface area contributed by atoms with E-state index in [4.69, 9.17) is 0 Å². The van der Waals surface area contributed by atoms with E-state index in [1.165, 1.54) is 17.0 Å². The molecule has 1 aliphatic rings. The van der Waals surface area contributed by atoms with E-state index in [0.717, 1.165) is 34.5 Å². The summed E-state index contributed by atoms with van der Waals surface area (Å²) < 4.78 is 38.1. The summed E-state index contributed by atoms with van der Waals surface area (Å²) in [5.74, 6) is -1.11. The predicted molar refractivity (Wildman–Crippen MR) is 101 cm³/mol. The summed E-state index contributed by atoms with van der Waals surface area (Å²) in [6.07, 6.45) is -4.41. The van der Waals surface area contributed by atoms with Gasteiger partial charge < -0.3 is 10.2 Å². The average Bonchev–Trinajstić information content (AvgIpc) is 2.99. The van der Waals surface area contributed by atoms with Crippen molar-refractivity contribution in [2.24, 2.45) is 5.92 Å². The number of hydrogen-bond acceptors (Lipinski definition) is 2. The number of anilines is 2. The number of benzene rings is 2. The second kappa shape index (κ2) is 7.30. The first kappa shape index (κ1) is 19.9. The molecule has 1 unspecified atom stereocenters. The molecular weight excluding hydrogens is 369 g/mol. The van der Waals surface area contributed by atoms with Crippen LogP contribution >= 0.6 is 0 Å². The van der Waals surface area contributed by atoms with Gasteiger partial charge in [0.2, 0.25) is 11.8 Å². The normalized spacial score (nSPS) is 17.1. The Morgan fingerprint density at radius 3 is 2.18 bits per heavy atom. The molecule has 0 spiro atoms. The number of nitrogens with zero attached hydrogens (tertiary/aromatic N) is 1.